The minimum absolute atomic E-state index is 0.518. The number of rotatable bonds is 7. The van der Waals surface area contributed by atoms with E-state index in [2.05, 4.69) is 36.4 Å². The molecule has 0 saturated heterocycles. The Hall–Kier alpha value is -1.26. The van der Waals surface area contributed by atoms with Crippen molar-refractivity contribution in [2.24, 2.45) is 11.7 Å². The standard InChI is InChI=1S/C17H29N3O/c1-20(2)11-12-21-16-9-7-15(8-10-16)19-17-6-4-3-5-14(17)13-18/h7-10,14,17,19H,3-6,11-13,18H2,1-2H3. The van der Waals surface area contributed by atoms with Gasteiger partial charge in [0.15, 0.2) is 0 Å². The van der Waals surface area contributed by atoms with Gasteiger partial charge in [-0.1, -0.05) is 12.8 Å². The fourth-order valence-electron chi connectivity index (χ4n) is 2.89. The Bertz CT molecular complexity index is 405. The van der Waals surface area contributed by atoms with Crippen LogP contribution in [0.3, 0.4) is 0 Å². The highest BCUT2D eigenvalue weighted by atomic mass is 16.5. The fraction of sp³-hybridized carbons (Fsp3) is 0.647. The SMILES string of the molecule is CN(C)CCOc1ccc(NC2CCCCC2CN)cc1. The molecule has 1 aliphatic carbocycles. The predicted molar refractivity (Wildman–Crippen MR) is 88.9 cm³/mol. The first-order valence-electron chi connectivity index (χ1n) is 8.03. The van der Waals surface area contributed by atoms with E-state index in [1.807, 2.05) is 12.1 Å². The summed E-state index contributed by atoms with van der Waals surface area (Å²) < 4.78 is 5.71. The monoisotopic (exact) mass is 291 g/mol. The summed E-state index contributed by atoms with van der Waals surface area (Å²) in [6.07, 6.45) is 5.10. The van der Waals surface area contributed by atoms with Crippen molar-refractivity contribution in [3.63, 3.8) is 0 Å². The van der Waals surface area contributed by atoms with E-state index in [4.69, 9.17) is 10.5 Å². The largest absolute Gasteiger partial charge is 0.492 e. The van der Waals surface area contributed by atoms with Crippen LogP contribution < -0.4 is 15.8 Å². The van der Waals surface area contributed by atoms with Gasteiger partial charge in [-0.15, -0.1) is 0 Å². The van der Waals surface area contributed by atoms with Crippen LogP contribution in [0.2, 0.25) is 0 Å². The van der Waals surface area contributed by atoms with Crippen molar-refractivity contribution in [1.29, 1.82) is 0 Å². The van der Waals surface area contributed by atoms with Gasteiger partial charge in [-0.25, -0.2) is 0 Å². The van der Waals surface area contributed by atoms with Crippen molar-refractivity contribution in [2.75, 3.05) is 39.1 Å². The molecule has 3 N–H and O–H groups in total. The zero-order valence-corrected chi connectivity index (χ0v) is 13.3. The molecule has 1 fully saturated rings. The summed E-state index contributed by atoms with van der Waals surface area (Å²) in [6, 6.07) is 8.81. The van der Waals surface area contributed by atoms with Gasteiger partial charge < -0.3 is 20.7 Å². The molecule has 1 aromatic rings. The van der Waals surface area contributed by atoms with Crippen LogP contribution in [0.15, 0.2) is 24.3 Å². The van der Waals surface area contributed by atoms with E-state index in [1.165, 1.54) is 31.4 Å². The average Bonchev–Trinajstić information content (AvgIpc) is 2.49. The molecule has 0 aromatic heterocycles. The third-order valence-electron chi connectivity index (χ3n) is 4.23. The van der Waals surface area contributed by atoms with E-state index in [1.54, 1.807) is 0 Å². The van der Waals surface area contributed by atoms with E-state index in [0.717, 1.165) is 25.4 Å². The van der Waals surface area contributed by atoms with Crippen molar-refractivity contribution in [3.8, 4) is 5.75 Å². The first kappa shape index (κ1) is 16.1. The lowest BCUT2D eigenvalue weighted by Gasteiger charge is -2.32. The molecule has 1 saturated carbocycles. The van der Waals surface area contributed by atoms with Crippen molar-refractivity contribution < 1.29 is 4.74 Å². The van der Waals surface area contributed by atoms with Crippen LogP contribution in [-0.2, 0) is 0 Å². The maximum Gasteiger partial charge on any atom is 0.119 e. The number of nitrogens with two attached hydrogens (primary N) is 1. The van der Waals surface area contributed by atoms with Gasteiger partial charge >= 0.3 is 0 Å². The lowest BCUT2D eigenvalue weighted by molar-refractivity contribution is 0.261. The van der Waals surface area contributed by atoms with Crippen LogP contribution in [0.1, 0.15) is 25.7 Å². The minimum atomic E-state index is 0.518. The lowest BCUT2D eigenvalue weighted by Crippen LogP contribution is -2.36. The molecule has 0 spiro atoms. The summed E-state index contributed by atoms with van der Waals surface area (Å²) in [7, 11) is 4.10. The normalized spacial score (nSPS) is 22.3. The van der Waals surface area contributed by atoms with Gasteiger partial charge in [-0.05, 0) is 63.7 Å². The summed E-state index contributed by atoms with van der Waals surface area (Å²) in [5.74, 6) is 1.54. The van der Waals surface area contributed by atoms with Gasteiger partial charge in [0, 0.05) is 18.3 Å². The molecule has 0 radical (unpaired) electrons. The number of hydrogen-bond acceptors (Lipinski definition) is 4. The summed E-state index contributed by atoms with van der Waals surface area (Å²) in [4.78, 5) is 2.12. The maximum absolute atomic E-state index is 5.89. The summed E-state index contributed by atoms with van der Waals surface area (Å²) in [5, 5.41) is 3.64. The molecule has 0 aliphatic heterocycles. The Morgan fingerprint density at radius 1 is 1.19 bits per heavy atom. The van der Waals surface area contributed by atoms with Gasteiger partial charge in [-0.3, -0.25) is 0 Å². The third-order valence-corrected chi connectivity index (χ3v) is 4.23. The Kier molecular flexibility index (Phi) is 6.33. The molecular formula is C17H29N3O. The molecule has 21 heavy (non-hydrogen) atoms. The van der Waals surface area contributed by atoms with E-state index < -0.39 is 0 Å². The molecule has 2 unspecified atom stereocenters. The molecule has 118 valence electrons. The molecule has 2 rings (SSSR count). The Morgan fingerprint density at radius 3 is 2.57 bits per heavy atom. The van der Waals surface area contributed by atoms with E-state index in [9.17, 15) is 0 Å². The molecule has 4 nitrogen and oxygen atoms in total. The topological polar surface area (TPSA) is 50.5 Å². The molecule has 2 atom stereocenters. The number of ether oxygens (including phenoxy) is 1. The smallest absolute Gasteiger partial charge is 0.119 e. The van der Waals surface area contributed by atoms with E-state index in [0.29, 0.717) is 12.0 Å². The van der Waals surface area contributed by atoms with Crippen LogP contribution in [0.5, 0.6) is 5.75 Å². The van der Waals surface area contributed by atoms with Crippen molar-refractivity contribution >= 4 is 5.69 Å². The predicted octanol–water partition coefficient (Wildman–Crippen LogP) is 2.56. The van der Waals surface area contributed by atoms with Gasteiger partial charge in [0.25, 0.3) is 0 Å². The highest BCUT2D eigenvalue weighted by Crippen LogP contribution is 2.27. The quantitative estimate of drug-likeness (QED) is 0.810. The molecule has 4 heteroatoms. The maximum atomic E-state index is 5.89. The first-order valence-corrected chi connectivity index (χ1v) is 8.03. The Morgan fingerprint density at radius 2 is 1.90 bits per heavy atom. The zero-order chi connectivity index (χ0) is 15.1. The third kappa shape index (κ3) is 5.21. The minimum Gasteiger partial charge on any atom is -0.492 e. The van der Waals surface area contributed by atoms with Crippen LogP contribution in [0.25, 0.3) is 0 Å². The number of anilines is 1. The molecule has 1 aromatic carbocycles. The summed E-state index contributed by atoms with van der Waals surface area (Å²) in [5.41, 5.74) is 7.05. The number of benzene rings is 1. The molecule has 0 heterocycles. The highest BCUT2D eigenvalue weighted by molar-refractivity contribution is 5.47. The Balaban J connectivity index is 1.83. The van der Waals surface area contributed by atoms with Gasteiger partial charge in [-0.2, -0.15) is 0 Å². The first-order chi connectivity index (χ1) is 10.2. The van der Waals surface area contributed by atoms with Crippen molar-refractivity contribution in [2.45, 2.75) is 31.7 Å². The highest BCUT2D eigenvalue weighted by Gasteiger charge is 2.23. The molecular weight excluding hydrogens is 262 g/mol. The van der Waals surface area contributed by atoms with Crippen LogP contribution >= 0.6 is 0 Å². The number of nitrogens with zero attached hydrogens (tertiary/aromatic N) is 1. The van der Waals surface area contributed by atoms with Crippen LogP contribution in [0.4, 0.5) is 5.69 Å². The van der Waals surface area contributed by atoms with Crippen molar-refractivity contribution in [1.82, 2.24) is 4.90 Å². The zero-order valence-electron chi connectivity index (χ0n) is 13.3. The van der Waals surface area contributed by atoms with Crippen LogP contribution in [-0.4, -0.2) is 44.7 Å². The molecule has 0 amide bonds. The number of nitrogens with one attached hydrogen (secondary N) is 1. The molecule has 1 aliphatic rings. The lowest BCUT2D eigenvalue weighted by atomic mass is 9.84. The number of likely N-dealkylation sites (N-methyl/N-ethyl adjacent to an activating group) is 1. The summed E-state index contributed by atoms with van der Waals surface area (Å²) >= 11 is 0. The van der Waals surface area contributed by atoms with Gasteiger partial charge in [0.2, 0.25) is 0 Å². The molecule has 0 bridgehead atoms. The Labute approximate surface area is 128 Å². The average molecular weight is 291 g/mol. The number of hydrogen-bond donors (Lipinski definition) is 2. The van der Waals surface area contributed by atoms with Crippen LogP contribution in [0, 0.1) is 5.92 Å². The van der Waals surface area contributed by atoms with E-state index >= 15 is 0 Å². The van der Waals surface area contributed by atoms with Crippen molar-refractivity contribution in [3.05, 3.63) is 24.3 Å². The van der Waals surface area contributed by atoms with Gasteiger partial charge in [0.05, 0.1) is 0 Å². The summed E-state index contributed by atoms with van der Waals surface area (Å²) in [6.45, 7) is 2.43. The second-order valence-electron chi connectivity index (χ2n) is 6.21. The fourth-order valence-corrected chi connectivity index (χ4v) is 2.89. The second-order valence-corrected chi connectivity index (χ2v) is 6.21. The van der Waals surface area contributed by atoms with E-state index in [-0.39, 0.29) is 0 Å². The van der Waals surface area contributed by atoms with Gasteiger partial charge in [0.1, 0.15) is 12.4 Å². The second kappa shape index (κ2) is 8.25.